The number of carbonyl (C=O) groups is 2. The Morgan fingerprint density at radius 2 is 1.53 bits per heavy atom. The number of ether oxygens (including phenoxy) is 4. The Balaban J connectivity index is 1.21. The van der Waals surface area contributed by atoms with Crippen LogP contribution in [0, 0.1) is 0 Å². The number of anilines is 2. The molecule has 0 atom stereocenters. The van der Waals surface area contributed by atoms with E-state index in [1.54, 1.807) is 23.8 Å². The molecule has 3 heterocycles. The number of aromatic nitrogens is 5. The maximum atomic E-state index is 13.3. The molecule has 16 heteroatoms. The van der Waals surface area contributed by atoms with Crippen LogP contribution in [0.2, 0.25) is 0 Å². The fourth-order valence-corrected chi connectivity index (χ4v) is 6.90. The van der Waals surface area contributed by atoms with E-state index in [9.17, 15) is 9.59 Å². The van der Waals surface area contributed by atoms with Gasteiger partial charge in [0.2, 0.25) is 5.95 Å². The van der Waals surface area contributed by atoms with E-state index in [2.05, 4.69) is 25.8 Å². The number of aryl methyl sites for hydroxylation is 1. The maximum Gasteiger partial charge on any atom is 0.410 e. The molecule has 3 aromatic rings. The summed E-state index contributed by atoms with van der Waals surface area (Å²) in [5, 5.41) is 16.4. The second-order valence-electron chi connectivity index (χ2n) is 16.3. The van der Waals surface area contributed by atoms with Crippen LogP contribution in [0.25, 0.3) is 10.9 Å². The van der Waals surface area contributed by atoms with Crippen molar-refractivity contribution in [1.82, 2.24) is 40.1 Å². The Morgan fingerprint density at radius 3 is 2.20 bits per heavy atom. The monoisotopic (exact) mass is 766 g/mol. The second kappa shape index (κ2) is 18.8. The molecule has 1 saturated carbocycles. The summed E-state index contributed by atoms with van der Waals surface area (Å²) in [5.74, 6) is 2.50. The maximum absolute atomic E-state index is 13.3. The number of benzene rings is 1. The summed E-state index contributed by atoms with van der Waals surface area (Å²) in [5.41, 5.74) is 0.273. The molecule has 16 nitrogen and oxygen atoms in total. The van der Waals surface area contributed by atoms with Crippen LogP contribution >= 0.6 is 0 Å². The SMILES string of the molecule is COc1cc2nc(N3CCNCC3)nc(NCc3cn(CCCN(CCCN(C(=O)OC(C)(C)C)C4CCCCC4)C(=O)OC(C)(C)C)nn3)c2cc1OC. The minimum absolute atomic E-state index is 0.156. The van der Waals surface area contributed by atoms with Gasteiger partial charge >= 0.3 is 12.2 Å². The molecular weight excluding hydrogens is 704 g/mol. The zero-order valence-corrected chi connectivity index (χ0v) is 34.2. The lowest BCUT2D eigenvalue weighted by Gasteiger charge is -2.36. The van der Waals surface area contributed by atoms with E-state index in [0.717, 1.165) is 68.5 Å². The number of methoxy groups -OCH3 is 2. The van der Waals surface area contributed by atoms with Crippen molar-refractivity contribution in [2.45, 2.75) is 117 Å². The van der Waals surface area contributed by atoms with Crippen LogP contribution in [0.15, 0.2) is 18.3 Å². The first-order valence-corrected chi connectivity index (χ1v) is 19.7. The third-order valence-electron chi connectivity index (χ3n) is 9.55. The average Bonchev–Trinajstić information content (AvgIpc) is 3.60. The molecular formula is C39H62N10O6. The van der Waals surface area contributed by atoms with Gasteiger partial charge in [0.15, 0.2) is 11.5 Å². The Morgan fingerprint density at radius 1 is 0.873 bits per heavy atom. The highest BCUT2D eigenvalue weighted by Crippen LogP contribution is 2.35. The van der Waals surface area contributed by atoms with Crippen molar-refractivity contribution in [3.05, 3.63) is 24.0 Å². The summed E-state index contributed by atoms with van der Waals surface area (Å²) < 4.78 is 24.5. The van der Waals surface area contributed by atoms with Crippen molar-refractivity contribution in [1.29, 1.82) is 0 Å². The van der Waals surface area contributed by atoms with Gasteiger partial charge in [0.05, 0.1) is 32.5 Å². The van der Waals surface area contributed by atoms with E-state index in [1.165, 1.54) is 6.42 Å². The van der Waals surface area contributed by atoms with Crippen molar-refractivity contribution < 1.29 is 28.5 Å². The van der Waals surface area contributed by atoms with Crippen LogP contribution in [0.3, 0.4) is 0 Å². The molecule has 0 spiro atoms. The summed E-state index contributed by atoms with van der Waals surface area (Å²) >= 11 is 0. The van der Waals surface area contributed by atoms with Crippen molar-refractivity contribution in [2.75, 3.05) is 70.2 Å². The van der Waals surface area contributed by atoms with E-state index in [4.69, 9.17) is 28.9 Å². The number of nitrogens with one attached hydrogen (secondary N) is 2. The van der Waals surface area contributed by atoms with Crippen LogP contribution in [-0.2, 0) is 22.6 Å². The van der Waals surface area contributed by atoms with Crippen molar-refractivity contribution in [2.24, 2.45) is 0 Å². The predicted molar refractivity (Wildman–Crippen MR) is 212 cm³/mol. The van der Waals surface area contributed by atoms with E-state index in [1.807, 2.05) is 64.8 Å². The molecule has 1 aromatic carbocycles. The van der Waals surface area contributed by atoms with E-state index in [-0.39, 0.29) is 18.2 Å². The van der Waals surface area contributed by atoms with Crippen molar-refractivity contribution >= 4 is 34.9 Å². The van der Waals surface area contributed by atoms with Crippen LogP contribution in [0.5, 0.6) is 11.5 Å². The van der Waals surface area contributed by atoms with Gasteiger partial charge in [-0.25, -0.2) is 14.6 Å². The third-order valence-corrected chi connectivity index (χ3v) is 9.55. The van der Waals surface area contributed by atoms with Crippen molar-refractivity contribution in [3.8, 4) is 11.5 Å². The summed E-state index contributed by atoms with van der Waals surface area (Å²) in [6.45, 7) is 17.0. The first kappa shape index (κ1) is 41.6. The molecule has 2 amide bonds. The zero-order valence-electron chi connectivity index (χ0n) is 34.2. The first-order valence-electron chi connectivity index (χ1n) is 19.7. The number of rotatable bonds is 15. The van der Waals surface area contributed by atoms with Gasteiger partial charge in [0, 0.05) is 69.9 Å². The zero-order chi connectivity index (χ0) is 39.6. The molecule has 1 aliphatic carbocycles. The van der Waals surface area contributed by atoms with E-state index < -0.39 is 11.2 Å². The Hall–Kier alpha value is -4.60. The number of hydrogen-bond acceptors (Lipinski definition) is 13. The van der Waals surface area contributed by atoms with E-state index >= 15 is 0 Å². The van der Waals surface area contributed by atoms with Gasteiger partial charge in [-0.3, -0.25) is 4.68 Å². The Labute approximate surface area is 325 Å². The van der Waals surface area contributed by atoms with Crippen LogP contribution in [0.1, 0.15) is 92.2 Å². The minimum Gasteiger partial charge on any atom is -0.493 e. The fraction of sp³-hybridized carbons (Fsp3) is 0.692. The number of hydrogen-bond donors (Lipinski definition) is 2. The smallest absolute Gasteiger partial charge is 0.410 e. The summed E-state index contributed by atoms with van der Waals surface area (Å²) in [6.07, 6.45) is 7.85. The number of carbonyl (C=O) groups excluding carboxylic acids is 2. The van der Waals surface area contributed by atoms with E-state index in [0.29, 0.717) is 68.8 Å². The molecule has 2 fully saturated rings. The lowest BCUT2D eigenvalue weighted by Crippen LogP contribution is -2.46. The third kappa shape index (κ3) is 12.2. The normalized spacial score (nSPS) is 15.5. The largest absolute Gasteiger partial charge is 0.493 e. The fourth-order valence-electron chi connectivity index (χ4n) is 6.90. The molecule has 2 aliphatic rings. The number of piperazine rings is 1. The molecule has 1 saturated heterocycles. The van der Waals surface area contributed by atoms with Gasteiger partial charge in [-0.15, -0.1) is 5.10 Å². The molecule has 0 unspecified atom stereocenters. The highest BCUT2D eigenvalue weighted by Gasteiger charge is 2.30. The topological polar surface area (TPSA) is 161 Å². The lowest BCUT2D eigenvalue weighted by molar-refractivity contribution is 0.00994. The average molecular weight is 767 g/mol. The van der Waals surface area contributed by atoms with Crippen LogP contribution in [-0.4, -0.2) is 124 Å². The molecule has 304 valence electrons. The lowest BCUT2D eigenvalue weighted by atomic mass is 9.94. The quantitative estimate of drug-likeness (QED) is 0.190. The summed E-state index contributed by atoms with van der Waals surface area (Å²) in [6, 6.07) is 3.91. The Kier molecular flexibility index (Phi) is 14.2. The highest BCUT2D eigenvalue weighted by atomic mass is 16.6. The molecule has 2 aromatic heterocycles. The van der Waals surface area contributed by atoms with Gasteiger partial charge in [-0.1, -0.05) is 24.5 Å². The minimum atomic E-state index is -0.633. The molecule has 5 rings (SSSR count). The molecule has 2 N–H and O–H groups in total. The predicted octanol–water partition coefficient (Wildman–Crippen LogP) is 5.85. The summed E-state index contributed by atoms with van der Waals surface area (Å²) in [4.78, 5) is 42.2. The molecule has 1 aliphatic heterocycles. The number of nitrogens with zero attached hydrogens (tertiary/aromatic N) is 8. The van der Waals surface area contributed by atoms with Crippen LogP contribution in [0.4, 0.5) is 21.4 Å². The molecule has 0 bridgehead atoms. The number of fused-ring (bicyclic) bond motifs is 1. The van der Waals surface area contributed by atoms with Gasteiger partial charge in [-0.05, 0) is 73.3 Å². The second-order valence-corrected chi connectivity index (χ2v) is 16.3. The van der Waals surface area contributed by atoms with Crippen LogP contribution < -0.4 is 25.0 Å². The van der Waals surface area contributed by atoms with Crippen molar-refractivity contribution in [3.63, 3.8) is 0 Å². The van der Waals surface area contributed by atoms with Gasteiger partial charge in [0.1, 0.15) is 22.7 Å². The number of amides is 2. The first-order chi connectivity index (χ1) is 26.2. The standard InChI is InChI=1S/C39H62N10O6/c1-38(2,3)54-36(50)47(19-13-21-49(29-14-10-9-11-15-29)37(51)55-39(4,5)6)18-12-20-48-27-28(44-45-48)26-41-34-30-24-32(52-7)33(53-8)25-31(30)42-35(43-34)46-22-16-40-17-23-46/h24-25,27,29,40H,9-23,26H2,1-8H3,(H,41,42,43). The highest BCUT2D eigenvalue weighted by molar-refractivity contribution is 5.92. The summed E-state index contributed by atoms with van der Waals surface area (Å²) in [7, 11) is 3.22. The molecule has 0 radical (unpaired) electrons. The van der Waals surface area contributed by atoms with Gasteiger partial charge < -0.3 is 44.3 Å². The Bertz CT molecular complexity index is 1710. The van der Waals surface area contributed by atoms with Gasteiger partial charge in [0.25, 0.3) is 0 Å². The molecule has 55 heavy (non-hydrogen) atoms. The van der Waals surface area contributed by atoms with Gasteiger partial charge in [-0.2, -0.15) is 4.98 Å².